The van der Waals surface area contributed by atoms with Gasteiger partial charge in [0.2, 0.25) is 5.88 Å². The highest BCUT2D eigenvalue weighted by Gasteiger charge is 2.33. The number of nitrogens with two attached hydrogens (primary N) is 1. The molecule has 3 atom stereocenters. The highest BCUT2D eigenvalue weighted by molar-refractivity contribution is 7.27. The van der Waals surface area contributed by atoms with Crippen LogP contribution in [0.1, 0.15) is 28.9 Å². The third-order valence-electron chi connectivity index (χ3n) is 4.12. The number of hydrogen-bond donors (Lipinski definition) is 1. The number of aromatic nitrogens is 1. The molecule has 4 nitrogen and oxygen atoms in total. The lowest BCUT2D eigenvalue weighted by molar-refractivity contribution is 0.0334. The van der Waals surface area contributed by atoms with E-state index in [-0.39, 0.29) is 17.1 Å². The van der Waals surface area contributed by atoms with Crippen molar-refractivity contribution in [1.29, 1.82) is 0 Å². The topological polar surface area (TPSA) is 65.2 Å². The molecule has 2 aromatic rings. The minimum Gasteiger partial charge on any atom is -0.474 e. The first kappa shape index (κ1) is 19.1. The SMILES string of the molecule is NC(=O)c1cc(-c2ccc(P)cc2F)c2c(n1)O[C@H](CC(F)(F)P)CC2. The van der Waals surface area contributed by atoms with Gasteiger partial charge >= 0.3 is 0 Å². The normalized spacial score (nSPS) is 16.7. The maximum Gasteiger partial charge on any atom is 0.267 e. The molecule has 3 rings (SSSR count). The van der Waals surface area contributed by atoms with Crippen molar-refractivity contribution in [3.05, 3.63) is 41.3 Å². The summed E-state index contributed by atoms with van der Waals surface area (Å²) in [5.74, 6) is -1.23. The van der Waals surface area contributed by atoms with Crippen LogP contribution in [0.4, 0.5) is 13.2 Å². The number of carbonyl (C=O) groups excluding carboxylic acids is 1. The van der Waals surface area contributed by atoms with Gasteiger partial charge in [0, 0.05) is 11.1 Å². The van der Waals surface area contributed by atoms with Crippen LogP contribution < -0.4 is 15.8 Å². The fourth-order valence-electron chi connectivity index (χ4n) is 2.97. The Kier molecular flexibility index (Phi) is 5.23. The summed E-state index contributed by atoms with van der Waals surface area (Å²) in [6, 6.07) is 6.05. The molecule has 0 spiro atoms. The Labute approximate surface area is 153 Å². The maximum absolute atomic E-state index is 14.4. The van der Waals surface area contributed by atoms with Gasteiger partial charge in [-0.15, -0.1) is 9.24 Å². The minimum atomic E-state index is -2.97. The van der Waals surface area contributed by atoms with Crippen LogP contribution >= 0.6 is 18.5 Å². The summed E-state index contributed by atoms with van der Waals surface area (Å²) >= 11 is 0. The Morgan fingerprint density at radius 2 is 2.08 bits per heavy atom. The summed E-state index contributed by atoms with van der Waals surface area (Å²) in [5.41, 5.74) is 3.53. The van der Waals surface area contributed by atoms with E-state index in [1.165, 1.54) is 21.4 Å². The third-order valence-corrected chi connectivity index (χ3v) is 4.71. The molecule has 9 heteroatoms. The molecule has 0 saturated heterocycles. The van der Waals surface area contributed by atoms with Crippen LogP contribution in [0.2, 0.25) is 0 Å². The van der Waals surface area contributed by atoms with Crippen molar-refractivity contribution in [2.24, 2.45) is 5.73 Å². The molecule has 1 aliphatic rings. The summed E-state index contributed by atoms with van der Waals surface area (Å²) in [4.78, 5) is 15.7. The molecule has 0 bridgehead atoms. The van der Waals surface area contributed by atoms with E-state index in [0.29, 0.717) is 29.3 Å². The Morgan fingerprint density at radius 3 is 2.69 bits per heavy atom. The van der Waals surface area contributed by atoms with Crippen molar-refractivity contribution in [3.63, 3.8) is 0 Å². The molecule has 2 N–H and O–H groups in total. The number of nitrogens with zero attached hydrogens (tertiary/aromatic N) is 1. The fourth-order valence-corrected chi connectivity index (χ4v) is 3.48. The molecule has 1 aromatic carbocycles. The zero-order valence-electron chi connectivity index (χ0n) is 13.6. The van der Waals surface area contributed by atoms with E-state index in [1.807, 2.05) is 0 Å². The van der Waals surface area contributed by atoms with Gasteiger partial charge in [-0.2, -0.15) is 0 Å². The zero-order valence-corrected chi connectivity index (χ0v) is 15.9. The number of alkyl halides is 2. The van der Waals surface area contributed by atoms with E-state index in [4.69, 9.17) is 10.5 Å². The Morgan fingerprint density at radius 1 is 1.35 bits per heavy atom. The van der Waals surface area contributed by atoms with Gasteiger partial charge in [0.15, 0.2) is 0 Å². The highest BCUT2D eigenvalue weighted by Crippen LogP contribution is 2.39. The number of carbonyl (C=O) groups is 1. The van der Waals surface area contributed by atoms with Crippen molar-refractivity contribution in [3.8, 4) is 17.0 Å². The van der Waals surface area contributed by atoms with Gasteiger partial charge in [-0.25, -0.2) is 18.2 Å². The molecule has 2 unspecified atom stereocenters. The van der Waals surface area contributed by atoms with Gasteiger partial charge in [-0.3, -0.25) is 4.79 Å². The number of benzene rings is 1. The number of amides is 1. The number of pyridine rings is 1. The van der Waals surface area contributed by atoms with E-state index in [0.717, 1.165) is 0 Å². The van der Waals surface area contributed by atoms with E-state index in [1.54, 1.807) is 12.1 Å². The van der Waals surface area contributed by atoms with E-state index < -0.39 is 29.9 Å². The van der Waals surface area contributed by atoms with Crippen LogP contribution in [0, 0.1) is 5.82 Å². The lowest BCUT2D eigenvalue weighted by atomic mass is 9.93. The van der Waals surface area contributed by atoms with Crippen molar-refractivity contribution in [1.82, 2.24) is 4.98 Å². The number of halogens is 3. The standard InChI is InChI=1S/C17H17F3N2O2P2/c18-13-5-9(25)2-4-10(13)12-6-14(15(21)23)22-16-11(12)3-1-8(24-16)7-17(19,20)26/h2,4-6,8H,1,3,7,25-26H2,(H2,21,23)/t8-/m0/s1. The Hall–Kier alpha value is -1.71. The van der Waals surface area contributed by atoms with Crippen LogP contribution in [0.15, 0.2) is 24.3 Å². The molecule has 0 aliphatic carbocycles. The highest BCUT2D eigenvalue weighted by atomic mass is 31.0. The van der Waals surface area contributed by atoms with Crippen LogP contribution in [0.5, 0.6) is 5.88 Å². The zero-order chi connectivity index (χ0) is 19.1. The van der Waals surface area contributed by atoms with Crippen molar-refractivity contribution in [2.75, 3.05) is 0 Å². The Bertz CT molecular complexity index is 872. The van der Waals surface area contributed by atoms with Crippen LogP contribution in [-0.4, -0.2) is 22.7 Å². The van der Waals surface area contributed by atoms with Gasteiger partial charge in [-0.05, 0) is 35.8 Å². The van der Waals surface area contributed by atoms with Crippen molar-refractivity contribution >= 4 is 29.7 Å². The predicted octanol–water partition coefficient (Wildman–Crippen LogP) is 3.04. The average molecular weight is 400 g/mol. The monoisotopic (exact) mass is 400 g/mol. The van der Waals surface area contributed by atoms with Crippen molar-refractivity contribution in [2.45, 2.75) is 31.0 Å². The van der Waals surface area contributed by atoms with E-state index >= 15 is 0 Å². The van der Waals surface area contributed by atoms with Gasteiger partial charge in [-0.1, -0.05) is 21.4 Å². The number of fused-ring (bicyclic) bond motifs is 1. The smallest absolute Gasteiger partial charge is 0.267 e. The molecule has 0 fully saturated rings. The molecule has 1 amide bonds. The third kappa shape index (κ3) is 4.16. The summed E-state index contributed by atoms with van der Waals surface area (Å²) in [6.45, 7) is 0. The van der Waals surface area contributed by atoms with Crippen LogP contribution in [0.3, 0.4) is 0 Å². The Balaban J connectivity index is 2.08. The summed E-state index contributed by atoms with van der Waals surface area (Å²) < 4.78 is 46.6. The van der Waals surface area contributed by atoms with Crippen LogP contribution in [-0.2, 0) is 6.42 Å². The molecule has 138 valence electrons. The first-order valence-electron chi connectivity index (χ1n) is 7.86. The van der Waals surface area contributed by atoms with E-state index in [2.05, 4.69) is 14.2 Å². The van der Waals surface area contributed by atoms with Crippen molar-refractivity contribution < 1.29 is 22.7 Å². The number of rotatable bonds is 4. The second kappa shape index (κ2) is 7.13. The molecule has 1 aromatic heterocycles. The lowest BCUT2D eigenvalue weighted by Gasteiger charge is -2.28. The van der Waals surface area contributed by atoms with Gasteiger partial charge < -0.3 is 10.5 Å². The molecule has 0 saturated carbocycles. The second-order valence-corrected chi connectivity index (χ2v) is 7.70. The van der Waals surface area contributed by atoms with Gasteiger partial charge in [0.1, 0.15) is 17.6 Å². The molecule has 26 heavy (non-hydrogen) atoms. The summed E-state index contributed by atoms with van der Waals surface area (Å²) in [7, 11) is 3.88. The van der Waals surface area contributed by atoms with Gasteiger partial charge in [0.25, 0.3) is 11.6 Å². The largest absolute Gasteiger partial charge is 0.474 e. The number of ether oxygens (including phenoxy) is 1. The molecular weight excluding hydrogens is 383 g/mol. The first-order chi connectivity index (χ1) is 12.1. The quantitative estimate of drug-likeness (QED) is 0.803. The maximum atomic E-state index is 14.4. The van der Waals surface area contributed by atoms with E-state index in [9.17, 15) is 18.0 Å². The number of primary amides is 1. The predicted molar refractivity (Wildman–Crippen MR) is 99.5 cm³/mol. The lowest BCUT2D eigenvalue weighted by Crippen LogP contribution is -2.29. The van der Waals surface area contributed by atoms with Gasteiger partial charge in [0.05, 0.1) is 6.42 Å². The second-order valence-electron chi connectivity index (χ2n) is 6.19. The number of hydrogen-bond acceptors (Lipinski definition) is 3. The van der Waals surface area contributed by atoms with Crippen LogP contribution in [0.25, 0.3) is 11.1 Å². The summed E-state index contributed by atoms with van der Waals surface area (Å²) in [5, 5.41) is 0.670. The molecule has 0 radical (unpaired) electrons. The minimum absolute atomic E-state index is 0.0520. The summed E-state index contributed by atoms with van der Waals surface area (Å²) in [6.07, 6.45) is -0.530. The first-order valence-corrected chi connectivity index (χ1v) is 9.02. The average Bonchev–Trinajstić information content (AvgIpc) is 2.52. The molecular formula is C17H17F3N2O2P2. The molecule has 1 aliphatic heterocycles. The molecule has 2 heterocycles. The fraction of sp³-hybridized carbons (Fsp3) is 0.294.